The third kappa shape index (κ3) is 19.3. The molecule has 0 heterocycles. The Labute approximate surface area is 212 Å². The Morgan fingerprint density at radius 2 is 1.37 bits per heavy atom. The van der Waals surface area contributed by atoms with Crippen LogP contribution in [0.4, 0.5) is 0 Å². The molecule has 0 rings (SSSR count). The third-order valence-electron chi connectivity index (χ3n) is 4.36. The number of carbonyl (C=O) groups excluding carboxylic acids is 5. The van der Waals surface area contributed by atoms with Crippen molar-refractivity contribution in [2.24, 2.45) is 22.9 Å². The van der Waals surface area contributed by atoms with Crippen LogP contribution in [-0.2, 0) is 24.0 Å². The molecule has 16 heteroatoms. The van der Waals surface area contributed by atoms with E-state index in [-0.39, 0.29) is 43.5 Å². The molecule has 14 nitrogen and oxygen atoms in total. The predicted octanol–water partition coefficient (Wildman–Crippen LogP) is -2.79. The number of carbonyl (C=O) groups is 5. The fourth-order valence-electron chi connectivity index (χ4n) is 2.53. The van der Waals surface area contributed by atoms with Crippen molar-refractivity contribution in [1.29, 1.82) is 5.41 Å². The van der Waals surface area contributed by atoms with Crippen LogP contribution in [0.25, 0.3) is 0 Å². The molecule has 2 unspecified atom stereocenters. The SMILES string of the molecule is N=C(N)NCCCC(N)C(=O)NCCSSCCNC(=O)CCC(=O)NC(CCC(N)=O)C(N)=O. The number of rotatable bonds is 20. The number of nitrogens with two attached hydrogens (primary N) is 4. The van der Waals surface area contributed by atoms with Crippen molar-refractivity contribution in [3.63, 3.8) is 0 Å². The maximum Gasteiger partial charge on any atom is 0.240 e. The Morgan fingerprint density at radius 3 is 1.94 bits per heavy atom. The minimum absolute atomic E-state index is 0.00785. The van der Waals surface area contributed by atoms with Gasteiger partial charge in [0.25, 0.3) is 0 Å². The molecule has 0 saturated heterocycles. The van der Waals surface area contributed by atoms with E-state index in [0.717, 1.165) is 0 Å². The molecule has 13 N–H and O–H groups in total. The van der Waals surface area contributed by atoms with Gasteiger partial charge >= 0.3 is 0 Å². The first kappa shape index (κ1) is 32.3. The lowest BCUT2D eigenvalue weighted by Crippen LogP contribution is -2.45. The molecule has 0 bridgehead atoms. The number of primary amides is 2. The molecule has 0 fully saturated rings. The minimum Gasteiger partial charge on any atom is -0.370 e. The summed E-state index contributed by atoms with van der Waals surface area (Å²) >= 11 is 0. The van der Waals surface area contributed by atoms with E-state index in [9.17, 15) is 24.0 Å². The van der Waals surface area contributed by atoms with Crippen molar-refractivity contribution in [3.05, 3.63) is 0 Å². The lowest BCUT2D eigenvalue weighted by Gasteiger charge is -2.14. The van der Waals surface area contributed by atoms with Gasteiger partial charge in [-0.25, -0.2) is 0 Å². The summed E-state index contributed by atoms with van der Waals surface area (Å²) < 4.78 is 0. The van der Waals surface area contributed by atoms with Crippen LogP contribution < -0.4 is 44.2 Å². The van der Waals surface area contributed by atoms with Gasteiger partial charge in [0.2, 0.25) is 29.5 Å². The highest BCUT2D eigenvalue weighted by Gasteiger charge is 2.19. The quantitative estimate of drug-likeness (QED) is 0.0334. The fraction of sp³-hybridized carbons (Fsp3) is 0.684. The maximum absolute atomic E-state index is 11.9. The van der Waals surface area contributed by atoms with Crippen molar-refractivity contribution < 1.29 is 24.0 Å². The summed E-state index contributed by atoms with van der Waals surface area (Å²) in [5.41, 5.74) is 21.2. The Morgan fingerprint density at radius 1 is 0.771 bits per heavy atom. The van der Waals surface area contributed by atoms with Crippen molar-refractivity contribution in [3.8, 4) is 0 Å². The summed E-state index contributed by atoms with van der Waals surface area (Å²) in [5.74, 6) is -1.26. The first-order chi connectivity index (χ1) is 16.5. The highest BCUT2D eigenvalue weighted by atomic mass is 33.1. The summed E-state index contributed by atoms with van der Waals surface area (Å²) in [6.07, 6.45) is 0.848. The first-order valence-corrected chi connectivity index (χ1v) is 13.5. The molecule has 35 heavy (non-hydrogen) atoms. The Hall–Kier alpha value is -2.72. The topological polar surface area (TPSA) is 261 Å². The van der Waals surface area contributed by atoms with Crippen molar-refractivity contribution >= 4 is 57.1 Å². The lowest BCUT2D eigenvalue weighted by atomic mass is 10.1. The van der Waals surface area contributed by atoms with Crippen molar-refractivity contribution in [1.82, 2.24) is 21.3 Å². The first-order valence-electron chi connectivity index (χ1n) is 11.0. The zero-order valence-corrected chi connectivity index (χ0v) is 21.2. The average Bonchev–Trinajstić information content (AvgIpc) is 2.78. The number of guanidine groups is 1. The van der Waals surface area contributed by atoms with Gasteiger partial charge in [-0.05, 0) is 19.3 Å². The number of hydrogen-bond donors (Lipinski definition) is 9. The Kier molecular flexibility index (Phi) is 18.1. The molecule has 0 aliphatic heterocycles. The largest absolute Gasteiger partial charge is 0.370 e. The maximum atomic E-state index is 11.9. The standard InChI is InChI=1S/C19H37N9O5S2/c20-12(2-1-7-27-19(23)24)18(33)26-9-11-35-34-10-8-25-15(30)5-6-16(31)28-13(17(22)32)3-4-14(21)29/h12-13H,1-11,20H2,(H2,21,29)(H2,22,32)(H,25,30)(H,26,33)(H,28,31)(H4,23,24,27). The molecule has 0 aromatic heterocycles. The molecule has 0 aromatic rings. The molecular formula is C19H37N9O5S2. The fourth-order valence-corrected chi connectivity index (χ4v) is 4.34. The van der Waals surface area contributed by atoms with Gasteiger partial charge in [-0.2, -0.15) is 0 Å². The van der Waals surface area contributed by atoms with Gasteiger partial charge in [-0.3, -0.25) is 29.4 Å². The second kappa shape index (κ2) is 19.6. The summed E-state index contributed by atoms with van der Waals surface area (Å²) in [7, 11) is 3.07. The van der Waals surface area contributed by atoms with Crippen LogP contribution >= 0.6 is 21.6 Å². The highest BCUT2D eigenvalue weighted by Crippen LogP contribution is 2.19. The van der Waals surface area contributed by atoms with E-state index in [2.05, 4.69) is 21.3 Å². The van der Waals surface area contributed by atoms with Crippen LogP contribution in [0.1, 0.15) is 38.5 Å². The highest BCUT2D eigenvalue weighted by molar-refractivity contribution is 8.76. The number of amides is 5. The van der Waals surface area contributed by atoms with Gasteiger partial charge in [0, 0.05) is 50.4 Å². The van der Waals surface area contributed by atoms with E-state index < -0.39 is 29.8 Å². The van der Waals surface area contributed by atoms with E-state index in [1.807, 2.05) is 0 Å². The third-order valence-corrected chi connectivity index (χ3v) is 6.77. The normalized spacial score (nSPS) is 12.1. The lowest BCUT2D eigenvalue weighted by molar-refractivity contribution is -0.129. The van der Waals surface area contributed by atoms with Gasteiger partial charge in [0.05, 0.1) is 6.04 Å². The summed E-state index contributed by atoms with van der Waals surface area (Å²) in [6, 6.07) is -1.63. The van der Waals surface area contributed by atoms with Crippen LogP contribution in [-0.4, -0.2) is 78.7 Å². The van der Waals surface area contributed by atoms with Gasteiger partial charge in [-0.1, -0.05) is 21.6 Å². The van der Waals surface area contributed by atoms with Crippen molar-refractivity contribution in [2.75, 3.05) is 31.1 Å². The predicted molar refractivity (Wildman–Crippen MR) is 137 cm³/mol. The molecule has 0 aromatic carbocycles. The van der Waals surface area contributed by atoms with Gasteiger partial charge in [0.1, 0.15) is 6.04 Å². The summed E-state index contributed by atoms with van der Waals surface area (Å²) in [4.78, 5) is 57.7. The molecule has 0 aliphatic rings. The summed E-state index contributed by atoms with van der Waals surface area (Å²) in [6.45, 7) is 1.36. The zero-order chi connectivity index (χ0) is 26.6. The van der Waals surface area contributed by atoms with Crippen LogP contribution in [0.5, 0.6) is 0 Å². The van der Waals surface area contributed by atoms with Gasteiger partial charge < -0.3 is 44.2 Å². The molecule has 0 radical (unpaired) electrons. The Balaban J connectivity index is 3.78. The minimum atomic E-state index is -1.01. The van der Waals surface area contributed by atoms with Gasteiger partial charge in [0.15, 0.2) is 5.96 Å². The zero-order valence-electron chi connectivity index (χ0n) is 19.6. The van der Waals surface area contributed by atoms with E-state index in [0.29, 0.717) is 44.0 Å². The van der Waals surface area contributed by atoms with Crippen LogP contribution in [0.2, 0.25) is 0 Å². The van der Waals surface area contributed by atoms with E-state index in [1.165, 1.54) is 21.6 Å². The van der Waals surface area contributed by atoms with Crippen LogP contribution in [0, 0.1) is 5.41 Å². The molecule has 2 atom stereocenters. The van der Waals surface area contributed by atoms with Crippen LogP contribution in [0.15, 0.2) is 0 Å². The summed E-state index contributed by atoms with van der Waals surface area (Å²) in [5, 5.41) is 17.5. The Bertz CT molecular complexity index is 727. The van der Waals surface area contributed by atoms with E-state index in [1.54, 1.807) is 0 Å². The number of hydrogen-bond acceptors (Lipinski definition) is 9. The molecule has 200 valence electrons. The second-order valence-corrected chi connectivity index (χ2v) is 10.1. The van der Waals surface area contributed by atoms with Gasteiger partial charge in [-0.15, -0.1) is 0 Å². The smallest absolute Gasteiger partial charge is 0.240 e. The van der Waals surface area contributed by atoms with Crippen molar-refractivity contribution in [2.45, 2.75) is 50.6 Å². The average molecular weight is 536 g/mol. The molecule has 0 aliphatic carbocycles. The monoisotopic (exact) mass is 535 g/mol. The molecular weight excluding hydrogens is 498 g/mol. The van der Waals surface area contributed by atoms with E-state index in [4.69, 9.17) is 28.3 Å². The molecule has 0 saturated carbocycles. The number of nitrogens with one attached hydrogen (secondary N) is 5. The molecule has 5 amide bonds. The molecule has 0 spiro atoms. The second-order valence-electron chi connectivity index (χ2n) is 7.40. The van der Waals surface area contributed by atoms with E-state index >= 15 is 0 Å². The van der Waals surface area contributed by atoms with Crippen LogP contribution in [0.3, 0.4) is 0 Å².